The summed E-state index contributed by atoms with van der Waals surface area (Å²) >= 11 is 0. The van der Waals surface area contributed by atoms with E-state index in [1.165, 1.54) is 38.5 Å². The van der Waals surface area contributed by atoms with Gasteiger partial charge in [-0.15, -0.1) is 0 Å². The molecule has 0 spiro atoms. The van der Waals surface area contributed by atoms with Crippen LogP contribution < -0.4 is 0 Å². The monoisotopic (exact) mass is 202 g/mol. The Morgan fingerprint density at radius 1 is 1.20 bits per heavy atom. The van der Waals surface area contributed by atoms with Gasteiger partial charge in [0.05, 0.1) is 0 Å². The zero-order chi connectivity index (χ0) is 10.7. The van der Waals surface area contributed by atoms with Crippen molar-refractivity contribution in [2.45, 2.75) is 58.3 Å². The summed E-state index contributed by atoms with van der Waals surface area (Å²) in [5.74, 6) is 0.753. The van der Waals surface area contributed by atoms with E-state index < -0.39 is 0 Å². The first-order chi connectivity index (χ1) is 7.33. The average molecular weight is 202 g/mol. The summed E-state index contributed by atoms with van der Waals surface area (Å²) < 4.78 is 0. The molecule has 1 aromatic carbocycles. The van der Waals surface area contributed by atoms with Crippen molar-refractivity contribution in [1.82, 2.24) is 0 Å². The Bertz CT molecular complexity index is 325. The molecule has 0 amide bonds. The Labute approximate surface area is 93.7 Å². The SMILES string of the molecule is CCCC(C)c1cccc2c1CCCC2. The standard InChI is InChI=1S/C15H22/c1-3-7-12(2)14-11-6-9-13-8-4-5-10-15(13)14/h6,9,11-12H,3-5,7-8,10H2,1-2H3. The summed E-state index contributed by atoms with van der Waals surface area (Å²) in [6, 6.07) is 6.94. The molecule has 0 saturated heterocycles. The normalized spacial score (nSPS) is 17.2. The molecule has 2 rings (SSSR count). The lowest BCUT2D eigenvalue weighted by molar-refractivity contribution is 0.630. The fraction of sp³-hybridized carbons (Fsp3) is 0.600. The molecule has 0 bridgehead atoms. The Morgan fingerprint density at radius 3 is 2.80 bits per heavy atom. The molecule has 0 aliphatic heterocycles. The van der Waals surface area contributed by atoms with Gasteiger partial charge in [-0.3, -0.25) is 0 Å². The number of hydrogen-bond donors (Lipinski definition) is 0. The van der Waals surface area contributed by atoms with Crippen molar-refractivity contribution >= 4 is 0 Å². The fourth-order valence-electron chi connectivity index (χ4n) is 2.86. The first-order valence-electron chi connectivity index (χ1n) is 6.43. The van der Waals surface area contributed by atoms with Crippen LogP contribution in [-0.2, 0) is 12.8 Å². The lowest BCUT2D eigenvalue weighted by atomic mass is 9.83. The summed E-state index contributed by atoms with van der Waals surface area (Å²) in [5.41, 5.74) is 4.94. The first-order valence-corrected chi connectivity index (χ1v) is 6.43. The molecule has 0 radical (unpaired) electrons. The van der Waals surface area contributed by atoms with E-state index >= 15 is 0 Å². The van der Waals surface area contributed by atoms with Crippen molar-refractivity contribution in [1.29, 1.82) is 0 Å². The lowest BCUT2D eigenvalue weighted by Crippen LogP contribution is -2.08. The quantitative estimate of drug-likeness (QED) is 0.678. The van der Waals surface area contributed by atoms with Crippen molar-refractivity contribution in [3.63, 3.8) is 0 Å². The Kier molecular flexibility index (Phi) is 3.45. The van der Waals surface area contributed by atoms with Crippen LogP contribution in [-0.4, -0.2) is 0 Å². The third kappa shape index (κ3) is 2.25. The highest BCUT2D eigenvalue weighted by Crippen LogP contribution is 2.30. The summed E-state index contributed by atoms with van der Waals surface area (Å²) in [4.78, 5) is 0. The molecule has 82 valence electrons. The lowest BCUT2D eigenvalue weighted by Gasteiger charge is -2.22. The van der Waals surface area contributed by atoms with E-state index in [0.717, 1.165) is 5.92 Å². The van der Waals surface area contributed by atoms with E-state index in [2.05, 4.69) is 32.0 Å². The van der Waals surface area contributed by atoms with Gasteiger partial charge in [0.25, 0.3) is 0 Å². The topological polar surface area (TPSA) is 0 Å². The van der Waals surface area contributed by atoms with Crippen LogP contribution in [0.2, 0.25) is 0 Å². The molecule has 0 aromatic heterocycles. The van der Waals surface area contributed by atoms with Gasteiger partial charge < -0.3 is 0 Å². The molecule has 0 heteroatoms. The molecule has 1 atom stereocenters. The molecule has 0 fully saturated rings. The predicted molar refractivity (Wildman–Crippen MR) is 66.4 cm³/mol. The summed E-state index contributed by atoms with van der Waals surface area (Å²) in [5, 5.41) is 0. The fourth-order valence-corrected chi connectivity index (χ4v) is 2.86. The molecule has 1 aromatic rings. The van der Waals surface area contributed by atoms with Gasteiger partial charge in [0, 0.05) is 0 Å². The zero-order valence-corrected chi connectivity index (χ0v) is 10.1. The molecule has 1 aliphatic rings. The highest BCUT2D eigenvalue weighted by Gasteiger charge is 2.15. The van der Waals surface area contributed by atoms with E-state index in [9.17, 15) is 0 Å². The molecular formula is C15H22. The van der Waals surface area contributed by atoms with Crippen molar-refractivity contribution in [3.8, 4) is 0 Å². The van der Waals surface area contributed by atoms with E-state index in [4.69, 9.17) is 0 Å². The highest BCUT2D eigenvalue weighted by molar-refractivity contribution is 5.38. The smallest absolute Gasteiger partial charge is 0.0188 e. The van der Waals surface area contributed by atoms with Crippen molar-refractivity contribution in [3.05, 3.63) is 34.9 Å². The second kappa shape index (κ2) is 4.83. The highest BCUT2D eigenvalue weighted by atomic mass is 14.2. The molecule has 0 saturated carbocycles. The third-order valence-corrected chi connectivity index (χ3v) is 3.68. The van der Waals surface area contributed by atoms with Crippen LogP contribution in [0, 0.1) is 0 Å². The van der Waals surface area contributed by atoms with E-state index in [0.29, 0.717) is 0 Å². The van der Waals surface area contributed by atoms with Crippen molar-refractivity contribution < 1.29 is 0 Å². The van der Waals surface area contributed by atoms with E-state index in [1.807, 2.05) is 0 Å². The minimum atomic E-state index is 0.753. The largest absolute Gasteiger partial charge is 0.0654 e. The number of rotatable bonds is 3. The van der Waals surface area contributed by atoms with Crippen LogP contribution >= 0.6 is 0 Å². The van der Waals surface area contributed by atoms with Crippen LogP contribution in [0.15, 0.2) is 18.2 Å². The molecule has 1 unspecified atom stereocenters. The summed E-state index contributed by atoms with van der Waals surface area (Å²) in [7, 11) is 0. The number of benzene rings is 1. The molecule has 0 N–H and O–H groups in total. The van der Waals surface area contributed by atoms with Crippen LogP contribution in [0.5, 0.6) is 0 Å². The third-order valence-electron chi connectivity index (χ3n) is 3.68. The van der Waals surface area contributed by atoms with Crippen LogP contribution in [0.4, 0.5) is 0 Å². The number of hydrogen-bond acceptors (Lipinski definition) is 0. The van der Waals surface area contributed by atoms with Gasteiger partial charge in [-0.1, -0.05) is 38.5 Å². The minimum Gasteiger partial charge on any atom is -0.0654 e. The van der Waals surface area contributed by atoms with Gasteiger partial charge in [0.1, 0.15) is 0 Å². The van der Waals surface area contributed by atoms with Crippen LogP contribution in [0.1, 0.15) is 62.1 Å². The maximum atomic E-state index is 2.38. The van der Waals surface area contributed by atoms with Crippen LogP contribution in [0.25, 0.3) is 0 Å². The maximum absolute atomic E-state index is 2.38. The van der Waals surface area contributed by atoms with E-state index in [-0.39, 0.29) is 0 Å². The van der Waals surface area contributed by atoms with Gasteiger partial charge >= 0.3 is 0 Å². The Balaban J connectivity index is 2.30. The Hall–Kier alpha value is -0.780. The Morgan fingerprint density at radius 2 is 2.00 bits per heavy atom. The molecule has 1 aliphatic carbocycles. The number of fused-ring (bicyclic) bond motifs is 1. The van der Waals surface area contributed by atoms with Crippen molar-refractivity contribution in [2.75, 3.05) is 0 Å². The maximum Gasteiger partial charge on any atom is -0.0188 e. The second-order valence-electron chi connectivity index (χ2n) is 4.88. The van der Waals surface area contributed by atoms with Gasteiger partial charge in [-0.05, 0) is 54.7 Å². The van der Waals surface area contributed by atoms with Crippen LogP contribution in [0.3, 0.4) is 0 Å². The summed E-state index contributed by atoms with van der Waals surface area (Å²) in [6.07, 6.45) is 8.03. The zero-order valence-electron chi connectivity index (χ0n) is 10.1. The van der Waals surface area contributed by atoms with Gasteiger partial charge in [0.15, 0.2) is 0 Å². The second-order valence-corrected chi connectivity index (χ2v) is 4.88. The van der Waals surface area contributed by atoms with E-state index in [1.54, 1.807) is 16.7 Å². The summed E-state index contributed by atoms with van der Waals surface area (Å²) in [6.45, 7) is 4.67. The first kappa shape index (κ1) is 10.7. The molecular weight excluding hydrogens is 180 g/mol. The molecule has 0 heterocycles. The molecule has 15 heavy (non-hydrogen) atoms. The van der Waals surface area contributed by atoms with Crippen molar-refractivity contribution in [2.24, 2.45) is 0 Å². The van der Waals surface area contributed by atoms with Gasteiger partial charge in [0.2, 0.25) is 0 Å². The predicted octanol–water partition coefficient (Wildman–Crippen LogP) is 4.47. The minimum absolute atomic E-state index is 0.753. The van der Waals surface area contributed by atoms with Gasteiger partial charge in [-0.25, -0.2) is 0 Å². The molecule has 0 nitrogen and oxygen atoms in total. The average Bonchev–Trinajstić information content (AvgIpc) is 2.28. The van der Waals surface area contributed by atoms with Gasteiger partial charge in [-0.2, -0.15) is 0 Å². The number of aryl methyl sites for hydroxylation is 1.